The van der Waals surface area contributed by atoms with Gasteiger partial charge in [-0.1, -0.05) is 30.2 Å². The molecular formula is C20H21BO4. The zero-order valence-electron chi connectivity index (χ0n) is 15.2. The molecule has 4 nitrogen and oxygen atoms in total. The number of esters is 1. The molecule has 2 aromatic carbocycles. The third kappa shape index (κ3) is 3.41. The summed E-state index contributed by atoms with van der Waals surface area (Å²) in [4.78, 5) is 11.1. The lowest BCUT2D eigenvalue weighted by atomic mass is 9.78. The Hall–Kier alpha value is -2.29. The van der Waals surface area contributed by atoms with Gasteiger partial charge in [-0.2, -0.15) is 0 Å². The minimum atomic E-state index is -0.545. The maximum atomic E-state index is 11.1. The molecule has 5 heteroatoms. The molecule has 0 spiro atoms. The van der Waals surface area contributed by atoms with Gasteiger partial charge in [-0.3, -0.25) is 0 Å². The summed E-state index contributed by atoms with van der Waals surface area (Å²) in [5.74, 6) is 4.70. The Morgan fingerprint density at radius 1 is 1.00 bits per heavy atom. The topological polar surface area (TPSA) is 44.8 Å². The van der Waals surface area contributed by atoms with E-state index in [1.165, 1.54) is 7.11 Å². The van der Waals surface area contributed by atoms with E-state index in [2.05, 4.69) is 22.6 Å². The Morgan fingerprint density at radius 3 is 2.24 bits per heavy atom. The normalized spacial score (nSPS) is 17.9. The van der Waals surface area contributed by atoms with E-state index in [0.717, 1.165) is 21.8 Å². The van der Waals surface area contributed by atoms with E-state index in [9.17, 15) is 4.79 Å². The maximum absolute atomic E-state index is 11.1. The van der Waals surface area contributed by atoms with E-state index >= 15 is 0 Å². The SMILES string of the molecule is COC(=O)C#Cc1ccc2cc(B3OC(C)(C)C(C)(C)O3)ccc2c1. The standard InChI is InChI=1S/C20H21BO4/c1-19(2)20(3,4)25-21(24-19)17-10-9-15-12-14(6-8-16(15)13-17)7-11-18(22)23-5/h6,8-10,12-13H,1-5H3. The van der Waals surface area contributed by atoms with Crippen molar-refractivity contribution < 1.29 is 18.8 Å². The van der Waals surface area contributed by atoms with Gasteiger partial charge in [0.15, 0.2) is 0 Å². The van der Waals surface area contributed by atoms with E-state index in [4.69, 9.17) is 9.31 Å². The average molecular weight is 336 g/mol. The number of carbonyl (C=O) groups excluding carboxylic acids is 1. The fraction of sp³-hybridized carbons (Fsp3) is 0.350. The van der Waals surface area contributed by atoms with Crippen molar-refractivity contribution >= 4 is 29.3 Å². The second-order valence-electron chi connectivity index (χ2n) is 7.15. The lowest BCUT2D eigenvalue weighted by molar-refractivity contribution is -0.133. The molecule has 0 saturated carbocycles. The van der Waals surface area contributed by atoms with Gasteiger partial charge >= 0.3 is 13.1 Å². The number of rotatable bonds is 1. The van der Waals surface area contributed by atoms with Gasteiger partial charge in [0.2, 0.25) is 0 Å². The van der Waals surface area contributed by atoms with Crippen molar-refractivity contribution in [3.05, 3.63) is 42.0 Å². The first-order valence-corrected chi connectivity index (χ1v) is 8.21. The van der Waals surface area contributed by atoms with Crippen molar-refractivity contribution in [2.75, 3.05) is 7.11 Å². The summed E-state index contributed by atoms with van der Waals surface area (Å²) in [6.07, 6.45) is 0. The minimum absolute atomic E-state index is 0.361. The highest BCUT2D eigenvalue weighted by Gasteiger charge is 2.51. The zero-order valence-corrected chi connectivity index (χ0v) is 15.2. The number of fused-ring (bicyclic) bond motifs is 1. The van der Waals surface area contributed by atoms with E-state index in [0.29, 0.717) is 0 Å². The fourth-order valence-electron chi connectivity index (χ4n) is 2.64. The average Bonchev–Trinajstić information content (AvgIpc) is 2.79. The van der Waals surface area contributed by atoms with Crippen LogP contribution in [0.1, 0.15) is 33.3 Å². The zero-order chi connectivity index (χ0) is 18.2. The Kier molecular flexibility index (Phi) is 4.36. The fourth-order valence-corrected chi connectivity index (χ4v) is 2.64. The molecule has 2 aromatic rings. The molecule has 0 aliphatic carbocycles. The summed E-state index contributed by atoms with van der Waals surface area (Å²) in [6, 6.07) is 11.9. The predicted octanol–water partition coefficient (Wildman–Crippen LogP) is 2.66. The highest BCUT2D eigenvalue weighted by Crippen LogP contribution is 2.36. The summed E-state index contributed by atoms with van der Waals surface area (Å²) in [7, 11) is 0.933. The van der Waals surface area contributed by atoms with Crippen LogP contribution in [0.25, 0.3) is 10.8 Å². The first-order chi connectivity index (χ1) is 11.7. The van der Waals surface area contributed by atoms with Crippen LogP contribution < -0.4 is 5.46 Å². The molecule has 1 aliphatic rings. The summed E-state index contributed by atoms with van der Waals surface area (Å²) >= 11 is 0. The molecular weight excluding hydrogens is 315 g/mol. The molecule has 1 fully saturated rings. The van der Waals surface area contributed by atoms with Gasteiger partial charge < -0.3 is 14.0 Å². The first kappa shape index (κ1) is 17.5. The van der Waals surface area contributed by atoms with E-state index in [-0.39, 0.29) is 18.3 Å². The second kappa shape index (κ2) is 6.22. The number of hydrogen-bond donors (Lipinski definition) is 0. The van der Waals surface area contributed by atoms with Crippen molar-refractivity contribution in [1.29, 1.82) is 0 Å². The van der Waals surface area contributed by atoms with Gasteiger partial charge in [0.05, 0.1) is 18.3 Å². The Labute approximate surface area is 148 Å². The molecule has 0 aromatic heterocycles. The molecule has 1 saturated heterocycles. The lowest BCUT2D eigenvalue weighted by Gasteiger charge is -2.32. The van der Waals surface area contributed by atoms with Crippen LogP contribution in [0.5, 0.6) is 0 Å². The van der Waals surface area contributed by atoms with Gasteiger partial charge in [-0.25, -0.2) is 4.79 Å². The van der Waals surface area contributed by atoms with Crippen LogP contribution in [0.3, 0.4) is 0 Å². The summed E-state index contributed by atoms with van der Waals surface area (Å²) in [5.41, 5.74) is 1.03. The summed E-state index contributed by atoms with van der Waals surface area (Å²) in [5, 5.41) is 2.10. The number of methoxy groups -OCH3 is 1. The molecule has 0 N–H and O–H groups in total. The van der Waals surface area contributed by atoms with Crippen LogP contribution in [0.15, 0.2) is 36.4 Å². The molecule has 0 unspecified atom stereocenters. The van der Waals surface area contributed by atoms with Crippen LogP contribution in [-0.2, 0) is 18.8 Å². The molecule has 1 aliphatic heterocycles. The first-order valence-electron chi connectivity index (χ1n) is 8.21. The highest BCUT2D eigenvalue weighted by atomic mass is 16.7. The molecule has 0 atom stereocenters. The van der Waals surface area contributed by atoms with Crippen LogP contribution in [-0.4, -0.2) is 31.4 Å². The molecule has 0 amide bonds. The van der Waals surface area contributed by atoms with Gasteiger partial charge in [0, 0.05) is 11.5 Å². The number of carbonyl (C=O) groups is 1. The van der Waals surface area contributed by atoms with Crippen molar-refractivity contribution in [1.82, 2.24) is 0 Å². The van der Waals surface area contributed by atoms with Crippen LogP contribution in [0.2, 0.25) is 0 Å². The molecule has 0 bridgehead atoms. The van der Waals surface area contributed by atoms with E-state index in [1.54, 1.807) is 0 Å². The third-order valence-electron chi connectivity index (χ3n) is 4.88. The van der Waals surface area contributed by atoms with Crippen molar-refractivity contribution in [3.8, 4) is 11.8 Å². The second-order valence-corrected chi connectivity index (χ2v) is 7.15. The molecule has 0 radical (unpaired) electrons. The summed E-state index contributed by atoms with van der Waals surface area (Å²) < 4.78 is 16.7. The molecule has 25 heavy (non-hydrogen) atoms. The van der Waals surface area contributed by atoms with Crippen molar-refractivity contribution in [2.24, 2.45) is 0 Å². The third-order valence-corrected chi connectivity index (χ3v) is 4.88. The quantitative estimate of drug-likeness (QED) is 0.456. The van der Waals surface area contributed by atoms with Gasteiger partial charge in [0.1, 0.15) is 0 Å². The minimum Gasteiger partial charge on any atom is -0.459 e. The van der Waals surface area contributed by atoms with Crippen molar-refractivity contribution in [2.45, 2.75) is 38.9 Å². The lowest BCUT2D eigenvalue weighted by Crippen LogP contribution is -2.41. The Balaban J connectivity index is 1.89. The van der Waals surface area contributed by atoms with Crippen molar-refractivity contribution in [3.63, 3.8) is 0 Å². The molecule has 1 heterocycles. The predicted molar refractivity (Wildman–Crippen MR) is 98.6 cm³/mol. The smallest absolute Gasteiger partial charge is 0.459 e. The number of ether oxygens (including phenoxy) is 1. The maximum Gasteiger partial charge on any atom is 0.494 e. The van der Waals surface area contributed by atoms with Crippen LogP contribution in [0.4, 0.5) is 0 Å². The number of benzene rings is 2. The Bertz CT molecular complexity index is 873. The van der Waals surface area contributed by atoms with E-state index < -0.39 is 5.97 Å². The summed E-state index contributed by atoms with van der Waals surface area (Å²) in [6.45, 7) is 8.17. The van der Waals surface area contributed by atoms with Gasteiger partial charge in [-0.05, 0) is 56.1 Å². The van der Waals surface area contributed by atoms with E-state index in [1.807, 2.05) is 58.0 Å². The molecule has 128 valence electrons. The van der Waals surface area contributed by atoms with Crippen LogP contribution >= 0.6 is 0 Å². The van der Waals surface area contributed by atoms with Gasteiger partial charge in [-0.15, -0.1) is 0 Å². The Morgan fingerprint density at radius 2 is 1.60 bits per heavy atom. The van der Waals surface area contributed by atoms with Crippen LogP contribution in [0, 0.1) is 11.8 Å². The molecule has 3 rings (SSSR count). The highest BCUT2D eigenvalue weighted by molar-refractivity contribution is 6.62. The monoisotopic (exact) mass is 336 g/mol. The number of hydrogen-bond acceptors (Lipinski definition) is 4. The van der Waals surface area contributed by atoms with Gasteiger partial charge in [0.25, 0.3) is 0 Å². The largest absolute Gasteiger partial charge is 0.494 e.